The fourth-order valence-corrected chi connectivity index (χ4v) is 2.91. The van der Waals surface area contributed by atoms with Crippen LogP contribution in [0.25, 0.3) is 0 Å². The first kappa shape index (κ1) is 15.9. The van der Waals surface area contributed by atoms with Gasteiger partial charge in [0.2, 0.25) is 0 Å². The fraction of sp³-hybridized carbons (Fsp3) is 0. The SMILES string of the molecule is NC(=O)c1cc(N)cc(Cl)c1Nc1c(Cl)cc(F)cc1Br. The van der Waals surface area contributed by atoms with E-state index in [-0.39, 0.29) is 21.3 Å². The van der Waals surface area contributed by atoms with Crippen molar-refractivity contribution in [3.63, 3.8) is 0 Å². The van der Waals surface area contributed by atoms with E-state index >= 15 is 0 Å². The molecule has 8 heteroatoms. The molecule has 0 aliphatic rings. The zero-order valence-electron chi connectivity index (χ0n) is 10.4. The molecule has 5 N–H and O–H groups in total. The second kappa shape index (κ2) is 6.09. The normalized spacial score (nSPS) is 10.5. The van der Waals surface area contributed by atoms with Gasteiger partial charge in [0.15, 0.2) is 0 Å². The van der Waals surface area contributed by atoms with Crippen molar-refractivity contribution >= 4 is 62.1 Å². The van der Waals surface area contributed by atoms with E-state index in [4.69, 9.17) is 34.7 Å². The van der Waals surface area contributed by atoms with Gasteiger partial charge in [0.1, 0.15) is 5.82 Å². The minimum absolute atomic E-state index is 0.104. The van der Waals surface area contributed by atoms with E-state index in [1.807, 2.05) is 0 Å². The van der Waals surface area contributed by atoms with Crippen LogP contribution in [-0.2, 0) is 0 Å². The third-order valence-corrected chi connectivity index (χ3v) is 3.86. The van der Waals surface area contributed by atoms with Crippen molar-refractivity contribution in [3.05, 3.63) is 50.2 Å². The molecule has 0 atom stereocenters. The van der Waals surface area contributed by atoms with Crippen molar-refractivity contribution in [2.45, 2.75) is 0 Å². The number of rotatable bonds is 3. The maximum absolute atomic E-state index is 13.2. The average molecular weight is 393 g/mol. The number of halogens is 4. The highest BCUT2D eigenvalue weighted by molar-refractivity contribution is 9.10. The number of primary amides is 1. The molecule has 21 heavy (non-hydrogen) atoms. The lowest BCUT2D eigenvalue weighted by Crippen LogP contribution is -2.14. The molecular formula is C13H9BrCl2FN3O. The molecule has 0 aromatic heterocycles. The predicted octanol–water partition coefficient (Wildman–Crippen LogP) is 4.32. The van der Waals surface area contributed by atoms with Crippen LogP contribution in [0.3, 0.4) is 0 Å². The van der Waals surface area contributed by atoms with Crippen LogP contribution in [0.4, 0.5) is 21.5 Å². The second-order valence-electron chi connectivity index (χ2n) is 4.16. The molecule has 110 valence electrons. The number of benzene rings is 2. The molecule has 0 bridgehead atoms. The molecule has 0 heterocycles. The summed E-state index contributed by atoms with van der Waals surface area (Å²) >= 11 is 15.3. The van der Waals surface area contributed by atoms with Crippen LogP contribution in [0.15, 0.2) is 28.7 Å². The predicted molar refractivity (Wildman–Crippen MR) is 86.8 cm³/mol. The largest absolute Gasteiger partial charge is 0.399 e. The summed E-state index contributed by atoms with van der Waals surface area (Å²) in [6.45, 7) is 0. The van der Waals surface area contributed by atoms with Crippen LogP contribution >= 0.6 is 39.1 Å². The molecule has 0 saturated heterocycles. The van der Waals surface area contributed by atoms with E-state index in [1.165, 1.54) is 18.2 Å². The van der Waals surface area contributed by atoms with Crippen LogP contribution in [0, 0.1) is 5.82 Å². The monoisotopic (exact) mass is 391 g/mol. The Morgan fingerprint density at radius 3 is 2.33 bits per heavy atom. The smallest absolute Gasteiger partial charge is 0.250 e. The molecule has 0 aliphatic heterocycles. The third kappa shape index (κ3) is 3.40. The Bertz CT molecular complexity index is 717. The summed E-state index contributed by atoms with van der Waals surface area (Å²) in [5.74, 6) is -1.21. The second-order valence-corrected chi connectivity index (χ2v) is 5.83. The van der Waals surface area contributed by atoms with E-state index in [1.54, 1.807) is 0 Å². The summed E-state index contributed by atoms with van der Waals surface area (Å²) in [5.41, 5.74) is 11.9. The van der Waals surface area contributed by atoms with E-state index in [0.717, 1.165) is 6.07 Å². The van der Waals surface area contributed by atoms with Gasteiger partial charge in [-0.3, -0.25) is 4.79 Å². The summed E-state index contributed by atoms with van der Waals surface area (Å²) in [4.78, 5) is 11.5. The summed E-state index contributed by atoms with van der Waals surface area (Å²) in [6.07, 6.45) is 0. The number of carbonyl (C=O) groups is 1. The van der Waals surface area contributed by atoms with Crippen LogP contribution in [0.1, 0.15) is 10.4 Å². The van der Waals surface area contributed by atoms with Gasteiger partial charge in [-0.25, -0.2) is 4.39 Å². The van der Waals surface area contributed by atoms with Crippen molar-refractivity contribution in [2.24, 2.45) is 5.73 Å². The number of nitrogens with one attached hydrogen (secondary N) is 1. The number of amides is 1. The van der Waals surface area contributed by atoms with Crippen LogP contribution in [0.5, 0.6) is 0 Å². The summed E-state index contributed by atoms with van der Waals surface area (Å²) in [7, 11) is 0. The maximum Gasteiger partial charge on any atom is 0.250 e. The number of carbonyl (C=O) groups excluding carboxylic acids is 1. The molecule has 2 aromatic carbocycles. The number of hydrogen-bond donors (Lipinski definition) is 3. The Morgan fingerprint density at radius 2 is 1.76 bits per heavy atom. The number of nitrogen functional groups attached to an aromatic ring is 1. The Labute approximate surface area is 138 Å². The van der Waals surface area contributed by atoms with Gasteiger partial charge in [-0.15, -0.1) is 0 Å². The Balaban J connectivity index is 2.57. The van der Waals surface area contributed by atoms with Gasteiger partial charge in [0.05, 0.1) is 27.0 Å². The molecule has 0 saturated carbocycles. The van der Waals surface area contributed by atoms with E-state index in [0.29, 0.717) is 15.8 Å². The van der Waals surface area contributed by atoms with Crippen molar-refractivity contribution in [1.82, 2.24) is 0 Å². The van der Waals surface area contributed by atoms with E-state index < -0.39 is 11.7 Å². The zero-order valence-corrected chi connectivity index (χ0v) is 13.5. The molecule has 2 aromatic rings. The molecule has 0 unspecified atom stereocenters. The molecule has 2 rings (SSSR count). The highest BCUT2D eigenvalue weighted by Gasteiger charge is 2.16. The zero-order chi connectivity index (χ0) is 15.7. The van der Waals surface area contributed by atoms with Crippen molar-refractivity contribution in [2.75, 3.05) is 11.1 Å². The van der Waals surface area contributed by atoms with Crippen molar-refractivity contribution in [3.8, 4) is 0 Å². The first-order valence-corrected chi connectivity index (χ1v) is 7.15. The lowest BCUT2D eigenvalue weighted by atomic mass is 10.1. The van der Waals surface area contributed by atoms with Crippen molar-refractivity contribution in [1.29, 1.82) is 0 Å². The minimum Gasteiger partial charge on any atom is -0.399 e. The maximum atomic E-state index is 13.2. The van der Waals surface area contributed by atoms with Gasteiger partial charge in [-0.1, -0.05) is 23.2 Å². The van der Waals surface area contributed by atoms with Gasteiger partial charge in [-0.2, -0.15) is 0 Å². The minimum atomic E-state index is -0.707. The quantitative estimate of drug-likeness (QED) is 0.680. The van der Waals surface area contributed by atoms with E-state index in [9.17, 15) is 9.18 Å². The highest BCUT2D eigenvalue weighted by Crippen LogP contribution is 2.38. The Kier molecular flexibility index (Phi) is 4.61. The van der Waals surface area contributed by atoms with E-state index in [2.05, 4.69) is 21.2 Å². The van der Waals surface area contributed by atoms with Gasteiger partial charge < -0.3 is 16.8 Å². The topological polar surface area (TPSA) is 81.1 Å². The summed E-state index contributed by atoms with van der Waals surface area (Å²) in [6, 6.07) is 5.21. The molecule has 0 fully saturated rings. The van der Waals surface area contributed by atoms with Crippen LogP contribution in [0.2, 0.25) is 10.0 Å². The molecular weight excluding hydrogens is 384 g/mol. The molecule has 1 amide bonds. The lowest BCUT2D eigenvalue weighted by molar-refractivity contribution is 0.100. The molecule has 0 spiro atoms. The third-order valence-electron chi connectivity index (χ3n) is 2.63. The molecule has 4 nitrogen and oxygen atoms in total. The number of hydrogen-bond acceptors (Lipinski definition) is 3. The van der Waals surface area contributed by atoms with Gasteiger partial charge in [0, 0.05) is 10.2 Å². The number of anilines is 3. The lowest BCUT2D eigenvalue weighted by Gasteiger charge is -2.15. The van der Waals surface area contributed by atoms with Crippen LogP contribution < -0.4 is 16.8 Å². The summed E-state index contributed by atoms with van der Waals surface area (Å²) < 4.78 is 13.6. The standard InChI is InChI=1S/C13H9BrCl2FN3O/c14-8-1-5(17)2-9(15)12(8)20-11-7(13(19)21)3-6(18)4-10(11)16/h1-4,20H,18H2,(H2,19,21). The molecule has 0 radical (unpaired) electrons. The fourth-order valence-electron chi connectivity index (χ4n) is 1.74. The van der Waals surface area contributed by atoms with Crippen molar-refractivity contribution < 1.29 is 9.18 Å². The first-order chi connectivity index (χ1) is 9.79. The van der Waals surface area contributed by atoms with Gasteiger partial charge in [-0.05, 0) is 40.2 Å². The van der Waals surface area contributed by atoms with Gasteiger partial charge in [0.25, 0.3) is 5.91 Å². The summed E-state index contributed by atoms with van der Waals surface area (Å²) in [5, 5.41) is 3.19. The Hall–Kier alpha value is -1.50. The first-order valence-electron chi connectivity index (χ1n) is 5.60. The average Bonchev–Trinajstić information content (AvgIpc) is 2.34. The highest BCUT2D eigenvalue weighted by atomic mass is 79.9. The van der Waals surface area contributed by atoms with Crippen LogP contribution in [-0.4, -0.2) is 5.91 Å². The Morgan fingerprint density at radius 1 is 1.14 bits per heavy atom. The molecule has 0 aliphatic carbocycles. The van der Waals surface area contributed by atoms with Gasteiger partial charge >= 0.3 is 0 Å². The number of nitrogens with two attached hydrogens (primary N) is 2.